The van der Waals surface area contributed by atoms with Crippen LogP contribution in [0.15, 0.2) is 0 Å². The zero-order valence-corrected chi connectivity index (χ0v) is 11.9. The average molecular weight is 250 g/mol. The smallest absolute Gasteiger partial charge is 0.153 e. The van der Waals surface area contributed by atoms with E-state index >= 15 is 0 Å². The highest BCUT2D eigenvalue weighted by Crippen LogP contribution is 2.42. The molecule has 4 nitrogen and oxygen atoms in total. The van der Waals surface area contributed by atoms with Crippen LogP contribution in [0.5, 0.6) is 0 Å². The van der Waals surface area contributed by atoms with Gasteiger partial charge in [-0.15, -0.1) is 0 Å². The molecule has 0 radical (unpaired) electrons. The largest absolute Gasteiger partial charge is 0.330 e. The number of H-pyrrole nitrogens is 1. The summed E-state index contributed by atoms with van der Waals surface area (Å²) in [5, 5.41) is 7.36. The Balaban J connectivity index is 1.92. The normalized spacial score (nSPS) is 25.3. The third-order valence-corrected chi connectivity index (χ3v) is 4.25. The van der Waals surface area contributed by atoms with Gasteiger partial charge in [-0.3, -0.25) is 5.10 Å². The van der Waals surface area contributed by atoms with Crippen LogP contribution < -0.4 is 5.73 Å². The fourth-order valence-corrected chi connectivity index (χ4v) is 2.96. The number of rotatable bonds is 3. The van der Waals surface area contributed by atoms with Gasteiger partial charge in [0.1, 0.15) is 5.82 Å². The van der Waals surface area contributed by atoms with E-state index in [4.69, 9.17) is 5.73 Å². The van der Waals surface area contributed by atoms with E-state index in [2.05, 4.69) is 36.0 Å². The van der Waals surface area contributed by atoms with Crippen molar-refractivity contribution in [2.24, 2.45) is 17.1 Å². The second-order valence-corrected chi connectivity index (χ2v) is 6.59. The third-order valence-electron chi connectivity index (χ3n) is 4.25. The lowest BCUT2D eigenvalue weighted by atomic mass is 9.70. The van der Waals surface area contributed by atoms with Gasteiger partial charge in [-0.1, -0.05) is 20.8 Å². The van der Waals surface area contributed by atoms with Crippen LogP contribution in [-0.2, 0) is 6.42 Å². The Kier molecular flexibility index (Phi) is 4.05. The van der Waals surface area contributed by atoms with Crippen LogP contribution in [0.1, 0.15) is 64.0 Å². The van der Waals surface area contributed by atoms with Crippen molar-refractivity contribution in [3.05, 3.63) is 11.6 Å². The van der Waals surface area contributed by atoms with E-state index in [-0.39, 0.29) is 0 Å². The van der Waals surface area contributed by atoms with E-state index in [1.54, 1.807) is 0 Å². The maximum absolute atomic E-state index is 5.53. The van der Waals surface area contributed by atoms with Crippen LogP contribution in [-0.4, -0.2) is 21.7 Å². The highest BCUT2D eigenvalue weighted by atomic mass is 15.2. The van der Waals surface area contributed by atoms with Gasteiger partial charge in [0.2, 0.25) is 0 Å². The number of nitrogens with zero attached hydrogens (tertiary/aromatic N) is 2. The van der Waals surface area contributed by atoms with Gasteiger partial charge in [-0.2, -0.15) is 5.10 Å². The minimum absolute atomic E-state index is 0.439. The molecular weight excluding hydrogens is 224 g/mol. The van der Waals surface area contributed by atoms with Crippen LogP contribution in [0.25, 0.3) is 0 Å². The standard InChI is InChI=1S/C14H26N4/c1-14(2,3)11-6-4-10(5-7-11)13-16-12(8-9-15)17-18-13/h10-11H,4-9,15H2,1-3H3,(H,16,17,18). The van der Waals surface area contributed by atoms with Crippen molar-refractivity contribution in [3.63, 3.8) is 0 Å². The predicted octanol–water partition coefficient (Wildman–Crippen LogP) is 2.63. The summed E-state index contributed by atoms with van der Waals surface area (Å²) in [5.41, 5.74) is 5.97. The van der Waals surface area contributed by atoms with E-state index in [9.17, 15) is 0 Å². The molecule has 2 rings (SSSR count). The lowest BCUT2D eigenvalue weighted by molar-refractivity contribution is 0.167. The van der Waals surface area contributed by atoms with Crippen molar-refractivity contribution >= 4 is 0 Å². The van der Waals surface area contributed by atoms with Crippen molar-refractivity contribution in [2.45, 2.75) is 58.8 Å². The molecular formula is C14H26N4. The summed E-state index contributed by atoms with van der Waals surface area (Å²) in [6.45, 7) is 7.68. The highest BCUT2D eigenvalue weighted by molar-refractivity contribution is 5.00. The number of nitrogens with two attached hydrogens (primary N) is 1. The molecule has 0 unspecified atom stereocenters. The predicted molar refractivity (Wildman–Crippen MR) is 73.3 cm³/mol. The quantitative estimate of drug-likeness (QED) is 0.866. The molecule has 1 aliphatic rings. The van der Waals surface area contributed by atoms with Crippen molar-refractivity contribution in [3.8, 4) is 0 Å². The molecule has 1 aromatic rings. The Hall–Kier alpha value is -0.900. The zero-order valence-electron chi connectivity index (χ0n) is 11.9. The van der Waals surface area contributed by atoms with Gasteiger partial charge >= 0.3 is 0 Å². The third kappa shape index (κ3) is 3.10. The monoisotopic (exact) mass is 250 g/mol. The van der Waals surface area contributed by atoms with Crippen LogP contribution in [0.3, 0.4) is 0 Å². The molecule has 0 aromatic carbocycles. The molecule has 0 aliphatic heterocycles. The van der Waals surface area contributed by atoms with E-state index in [1.165, 1.54) is 25.7 Å². The van der Waals surface area contributed by atoms with Crippen molar-refractivity contribution in [1.29, 1.82) is 0 Å². The molecule has 1 saturated carbocycles. The first-order valence-corrected chi connectivity index (χ1v) is 7.12. The van der Waals surface area contributed by atoms with Gasteiger partial charge in [0.25, 0.3) is 0 Å². The molecule has 1 aromatic heterocycles. The Morgan fingerprint density at radius 1 is 1.22 bits per heavy atom. The Labute approximate surface area is 110 Å². The number of aromatic nitrogens is 3. The minimum Gasteiger partial charge on any atom is -0.330 e. The summed E-state index contributed by atoms with van der Waals surface area (Å²) in [6, 6.07) is 0. The van der Waals surface area contributed by atoms with Crippen LogP contribution in [0.2, 0.25) is 0 Å². The number of hydrogen-bond donors (Lipinski definition) is 2. The molecule has 0 atom stereocenters. The topological polar surface area (TPSA) is 67.6 Å². The highest BCUT2D eigenvalue weighted by Gasteiger charge is 2.31. The summed E-state index contributed by atoms with van der Waals surface area (Å²) in [4.78, 5) is 4.56. The van der Waals surface area contributed by atoms with E-state index in [1.807, 2.05) is 0 Å². The molecule has 1 aliphatic carbocycles. The minimum atomic E-state index is 0.439. The van der Waals surface area contributed by atoms with E-state index < -0.39 is 0 Å². The Morgan fingerprint density at radius 3 is 2.44 bits per heavy atom. The first-order valence-electron chi connectivity index (χ1n) is 7.12. The number of nitrogens with one attached hydrogen (secondary N) is 1. The van der Waals surface area contributed by atoms with Gasteiger partial charge in [0.15, 0.2) is 5.82 Å². The molecule has 0 spiro atoms. The lowest BCUT2D eigenvalue weighted by Crippen LogP contribution is -2.25. The lowest BCUT2D eigenvalue weighted by Gasteiger charge is -2.36. The SMILES string of the molecule is CC(C)(C)C1CCC(c2n[nH]c(CCN)n2)CC1. The first kappa shape index (κ1) is 13.5. The summed E-state index contributed by atoms with van der Waals surface area (Å²) in [5.74, 6) is 3.33. The zero-order chi connectivity index (χ0) is 13.2. The molecule has 18 heavy (non-hydrogen) atoms. The Morgan fingerprint density at radius 2 is 1.89 bits per heavy atom. The molecule has 1 heterocycles. The van der Waals surface area contributed by atoms with Crippen molar-refractivity contribution < 1.29 is 0 Å². The fourth-order valence-electron chi connectivity index (χ4n) is 2.96. The van der Waals surface area contributed by atoms with Crippen molar-refractivity contribution in [2.75, 3.05) is 6.54 Å². The van der Waals surface area contributed by atoms with E-state index in [0.29, 0.717) is 17.9 Å². The van der Waals surface area contributed by atoms with Gasteiger partial charge in [0, 0.05) is 12.3 Å². The maximum Gasteiger partial charge on any atom is 0.153 e. The average Bonchev–Trinajstić information content (AvgIpc) is 2.77. The summed E-state index contributed by atoms with van der Waals surface area (Å²) < 4.78 is 0. The molecule has 0 bridgehead atoms. The van der Waals surface area contributed by atoms with Crippen LogP contribution in [0.4, 0.5) is 0 Å². The molecule has 102 valence electrons. The first-order chi connectivity index (χ1) is 8.50. The molecule has 3 N–H and O–H groups in total. The van der Waals surface area contributed by atoms with Gasteiger partial charge in [-0.25, -0.2) is 4.98 Å². The van der Waals surface area contributed by atoms with Gasteiger partial charge in [0.05, 0.1) is 0 Å². The molecule has 1 fully saturated rings. The van der Waals surface area contributed by atoms with Crippen LogP contribution in [0, 0.1) is 11.3 Å². The summed E-state index contributed by atoms with van der Waals surface area (Å²) in [6.07, 6.45) is 5.85. The fraction of sp³-hybridized carbons (Fsp3) is 0.857. The van der Waals surface area contributed by atoms with Gasteiger partial charge in [-0.05, 0) is 43.6 Å². The maximum atomic E-state index is 5.53. The molecule has 0 saturated heterocycles. The number of hydrogen-bond acceptors (Lipinski definition) is 3. The van der Waals surface area contributed by atoms with E-state index in [0.717, 1.165) is 24.0 Å². The summed E-state index contributed by atoms with van der Waals surface area (Å²) in [7, 11) is 0. The van der Waals surface area contributed by atoms with Crippen LogP contribution >= 0.6 is 0 Å². The second-order valence-electron chi connectivity index (χ2n) is 6.59. The Bertz CT molecular complexity index is 369. The summed E-state index contributed by atoms with van der Waals surface area (Å²) >= 11 is 0. The molecule has 4 heteroatoms. The van der Waals surface area contributed by atoms with Gasteiger partial charge < -0.3 is 5.73 Å². The van der Waals surface area contributed by atoms with Crippen molar-refractivity contribution in [1.82, 2.24) is 15.2 Å². The second kappa shape index (κ2) is 5.39. The molecule has 0 amide bonds. The number of aromatic amines is 1.